The minimum atomic E-state index is 0.487. The van der Waals surface area contributed by atoms with Gasteiger partial charge < -0.3 is 4.74 Å². The summed E-state index contributed by atoms with van der Waals surface area (Å²) in [6.45, 7) is 4.55. The largest absolute Gasteiger partial charge is 0.497 e. The highest BCUT2D eigenvalue weighted by Crippen LogP contribution is 2.41. The molecule has 1 unspecified atom stereocenters. The quantitative estimate of drug-likeness (QED) is 0.719. The molecular formula is C18H26O2. The van der Waals surface area contributed by atoms with Crippen LogP contribution in [0.3, 0.4) is 0 Å². The Morgan fingerprint density at radius 1 is 1.20 bits per heavy atom. The average Bonchev–Trinajstić information content (AvgIpc) is 2.48. The predicted molar refractivity (Wildman–Crippen MR) is 82.5 cm³/mol. The second-order valence-corrected chi connectivity index (χ2v) is 6.28. The number of rotatable bonds is 5. The summed E-state index contributed by atoms with van der Waals surface area (Å²) in [4.78, 5) is 11.4. The van der Waals surface area contributed by atoms with E-state index in [9.17, 15) is 4.79 Å². The molecule has 1 aromatic carbocycles. The third-order valence-electron chi connectivity index (χ3n) is 4.66. The highest BCUT2D eigenvalue weighted by Gasteiger charge is 2.29. The van der Waals surface area contributed by atoms with E-state index in [0.717, 1.165) is 23.5 Å². The summed E-state index contributed by atoms with van der Waals surface area (Å²) < 4.78 is 5.24. The summed E-state index contributed by atoms with van der Waals surface area (Å²) in [5.74, 6) is 2.53. The standard InChI is InChI=1S/C18H26O2/c1-13(2)18(14-7-5-4-6-8-14)17-10-9-16(20-3)11-15(17)12-19/h9-14,18H,4-8H2,1-3H3. The van der Waals surface area contributed by atoms with E-state index in [1.54, 1.807) is 7.11 Å². The van der Waals surface area contributed by atoms with Crippen LogP contribution in [0.15, 0.2) is 18.2 Å². The van der Waals surface area contributed by atoms with Crippen molar-refractivity contribution in [2.75, 3.05) is 7.11 Å². The lowest BCUT2D eigenvalue weighted by atomic mass is 9.71. The van der Waals surface area contributed by atoms with Gasteiger partial charge >= 0.3 is 0 Å². The molecule has 0 radical (unpaired) electrons. The van der Waals surface area contributed by atoms with Crippen molar-refractivity contribution in [1.29, 1.82) is 0 Å². The fraction of sp³-hybridized carbons (Fsp3) is 0.611. The van der Waals surface area contributed by atoms with Gasteiger partial charge in [0.1, 0.15) is 12.0 Å². The Balaban J connectivity index is 2.35. The van der Waals surface area contributed by atoms with Crippen molar-refractivity contribution in [3.05, 3.63) is 29.3 Å². The Bertz CT molecular complexity index is 445. The molecule has 0 spiro atoms. The normalized spacial score (nSPS) is 18.0. The van der Waals surface area contributed by atoms with Crippen molar-refractivity contribution < 1.29 is 9.53 Å². The molecule has 110 valence electrons. The molecule has 1 saturated carbocycles. The Kier molecular flexibility index (Phi) is 5.22. The zero-order chi connectivity index (χ0) is 14.5. The molecule has 0 bridgehead atoms. The van der Waals surface area contributed by atoms with Crippen LogP contribution in [0.4, 0.5) is 0 Å². The van der Waals surface area contributed by atoms with Gasteiger partial charge in [-0.1, -0.05) is 39.2 Å². The van der Waals surface area contributed by atoms with Gasteiger partial charge in [-0.2, -0.15) is 0 Å². The molecule has 0 heterocycles. The van der Waals surface area contributed by atoms with E-state index < -0.39 is 0 Å². The first-order valence-corrected chi connectivity index (χ1v) is 7.80. The fourth-order valence-corrected chi connectivity index (χ4v) is 3.74. The van der Waals surface area contributed by atoms with Crippen LogP contribution in [0.1, 0.15) is 67.8 Å². The molecule has 0 N–H and O–H groups in total. The minimum Gasteiger partial charge on any atom is -0.497 e. The van der Waals surface area contributed by atoms with Crippen LogP contribution >= 0.6 is 0 Å². The number of methoxy groups -OCH3 is 1. The van der Waals surface area contributed by atoms with Crippen LogP contribution in [-0.4, -0.2) is 13.4 Å². The van der Waals surface area contributed by atoms with E-state index in [0.29, 0.717) is 11.8 Å². The lowest BCUT2D eigenvalue weighted by molar-refractivity contribution is 0.112. The van der Waals surface area contributed by atoms with Crippen LogP contribution in [0.5, 0.6) is 5.75 Å². The van der Waals surface area contributed by atoms with Crippen molar-refractivity contribution >= 4 is 6.29 Å². The number of ether oxygens (including phenoxy) is 1. The van der Waals surface area contributed by atoms with E-state index in [1.165, 1.54) is 37.7 Å². The van der Waals surface area contributed by atoms with Gasteiger partial charge in [-0.25, -0.2) is 0 Å². The first kappa shape index (κ1) is 15.1. The molecule has 2 heteroatoms. The van der Waals surface area contributed by atoms with Crippen LogP contribution < -0.4 is 4.74 Å². The number of hydrogen-bond acceptors (Lipinski definition) is 2. The van der Waals surface area contributed by atoms with E-state index >= 15 is 0 Å². The maximum absolute atomic E-state index is 11.4. The Morgan fingerprint density at radius 2 is 1.90 bits per heavy atom. The molecule has 1 aromatic rings. The molecule has 2 rings (SSSR count). The molecule has 0 aromatic heterocycles. The molecule has 0 saturated heterocycles. The third kappa shape index (κ3) is 3.23. The SMILES string of the molecule is COc1ccc(C(C(C)C)C2CCCCC2)c(C=O)c1. The van der Waals surface area contributed by atoms with Gasteiger partial charge in [-0.3, -0.25) is 4.79 Å². The second-order valence-electron chi connectivity index (χ2n) is 6.28. The summed E-state index contributed by atoms with van der Waals surface area (Å²) in [5, 5.41) is 0. The van der Waals surface area contributed by atoms with Crippen LogP contribution in [-0.2, 0) is 0 Å². The molecule has 0 amide bonds. The van der Waals surface area contributed by atoms with Gasteiger partial charge in [-0.05, 0) is 48.3 Å². The van der Waals surface area contributed by atoms with Gasteiger partial charge in [0.15, 0.2) is 0 Å². The zero-order valence-electron chi connectivity index (χ0n) is 12.9. The smallest absolute Gasteiger partial charge is 0.150 e. The van der Waals surface area contributed by atoms with Gasteiger partial charge in [0.2, 0.25) is 0 Å². The Morgan fingerprint density at radius 3 is 2.45 bits per heavy atom. The fourth-order valence-electron chi connectivity index (χ4n) is 3.74. The van der Waals surface area contributed by atoms with E-state index in [2.05, 4.69) is 19.9 Å². The Labute approximate surface area is 122 Å². The first-order valence-electron chi connectivity index (χ1n) is 7.80. The maximum atomic E-state index is 11.4. The van der Waals surface area contributed by atoms with Crippen LogP contribution in [0.2, 0.25) is 0 Å². The molecule has 0 aliphatic heterocycles. The highest BCUT2D eigenvalue weighted by atomic mass is 16.5. The van der Waals surface area contributed by atoms with Gasteiger partial charge in [-0.15, -0.1) is 0 Å². The summed E-state index contributed by atoms with van der Waals surface area (Å²) in [6.07, 6.45) is 7.61. The second kappa shape index (κ2) is 6.92. The van der Waals surface area contributed by atoms with Crippen molar-refractivity contribution in [1.82, 2.24) is 0 Å². The van der Waals surface area contributed by atoms with Crippen molar-refractivity contribution in [2.45, 2.75) is 51.9 Å². The van der Waals surface area contributed by atoms with Gasteiger partial charge in [0.05, 0.1) is 7.11 Å². The first-order chi connectivity index (χ1) is 9.67. The molecular weight excluding hydrogens is 248 g/mol. The molecule has 1 atom stereocenters. The Hall–Kier alpha value is -1.31. The van der Waals surface area contributed by atoms with E-state index in [1.807, 2.05) is 12.1 Å². The lowest BCUT2D eigenvalue weighted by Gasteiger charge is -2.34. The zero-order valence-corrected chi connectivity index (χ0v) is 12.9. The number of carbonyl (C=O) groups excluding carboxylic acids is 1. The molecule has 2 nitrogen and oxygen atoms in total. The number of hydrogen-bond donors (Lipinski definition) is 0. The molecule has 20 heavy (non-hydrogen) atoms. The lowest BCUT2D eigenvalue weighted by Crippen LogP contribution is -2.22. The van der Waals surface area contributed by atoms with E-state index in [-0.39, 0.29) is 0 Å². The molecule has 1 aliphatic carbocycles. The maximum Gasteiger partial charge on any atom is 0.150 e. The summed E-state index contributed by atoms with van der Waals surface area (Å²) in [6, 6.07) is 5.96. The highest BCUT2D eigenvalue weighted by molar-refractivity contribution is 5.78. The third-order valence-corrected chi connectivity index (χ3v) is 4.66. The number of carbonyl (C=O) groups is 1. The van der Waals surface area contributed by atoms with Crippen molar-refractivity contribution in [3.8, 4) is 5.75 Å². The summed E-state index contributed by atoms with van der Waals surface area (Å²) >= 11 is 0. The predicted octanol–water partition coefficient (Wildman–Crippen LogP) is 4.83. The topological polar surface area (TPSA) is 26.3 Å². The van der Waals surface area contributed by atoms with Crippen molar-refractivity contribution in [2.24, 2.45) is 11.8 Å². The van der Waals surface area contributed by atoms with Gasteiger partial charge in [0.25, 0.3) is 0 Å². The number of benzene rings is 1. The van der Waals surface area contributed by atoms with Gasteiger partial charge in [0, 0.05) is 5.56 Å². The molecule has 1 aliphatic rings. The van der Waals surface area contributed by atoms with Crippen molar-refractivity contribution in [3.63, 3.8) is 0 Å². The monoisotopic (exact) mass is 274 g/mol. The van der Waals surface area contributed by atoms with E-state index in [4.69, 9.17) is 4.74 Å². The summed E-state index contributed by atoms with van der Waals surface area (Å²) in [7, 11) is 1.64. The summed E-state index contributed by atoms with van der Waals surface area (Å²) in [5.41, 5.74) is 2.01. The average molecular weight is 274 g/mol. The molecule has 1 fully saturated rings. The van der Waals surface area contributed by atoms with Crippen LogP contribution in [0, 0.1) is 11.8 Å². The minimum absolute atomic E-state index is 0.487. The van der Waals surface area contributed by atoms with Crippen LogP contribution in [0.25, 0.3) is 0 Å². The number of aldehydes is 1.